The van der Waals surface area contributed by atoms with E-state index in [4.69, 9.17) is 15.2 Å². The number of amides is 3. The Morgan fingerprint density at radius 3 is 1.62 bits per heavy atom. The number of rotatable bonds is 3. The lowest BCUT2D eigenvalue weighted by Gasteiger charge is -2.24. The number of hydrogen-bond donors (Lipinski definition) is 2. The van der Waals surface area contributed by atoms with E-state index in [0.717, 1.165) is 19.5 Å². The Balaban J connectivity index is 0.000000362. The third kappa shape index (κ3) is 11.3. The van der Waals surface area contributed by atoms with Gasteiger partial charge in [0.25, 0.3) is 0 Å². The lowest BCUT2D eigenvalue weighted by molar-refractivity contribution is -0.173. The van der Waals surface area contributed by atoms with E-state index in [1.807, 2.05) is 26.1 Å². The standard InChI is InChI=1S/C12H19F3N2O3.C10H20N2O2/c1-11(2,3)20-10(19)17-5-4-8(7-17)6-16-9(18)12(13,14)15;1-10(2,3)14-9(13)12-5-4-8(6-11)7-12/h8H,4-7H2,1-3H3,(H,16,18);8H,4-7,11H2,1-3H3. The summed E-state index contributed by atoms with van der Waals surface area (Å²) in [5.74, 6) is -1.69. The lowest BCUT2D eigenvalue weighted by atomic mass is 10.1. The zero-order valence-corrected chi connectivity index (χ0v) is 21.0. The van der Waals surface area contributed by atoms with E-state index in [-0.39, 0.29) is 25.1 Å². The fraction of sp³-hybridized carbons (Fsp3) is 0.864. The molecule has 2 fully saturated rings. The third-order valence-corrected chi connectivity index (χ3v) is 5.02. The highest BCUT2D eigenvalue weighted by Crippen LogP contribution is 2.20. The van der Waals surface area contributed by atoms with Crippen molar-refractivity contribution in [2.45, 2.75) is 71.8 Å². The highest BCUT2D eigenvalue weighted by molar-refractivity contribution is 5.81. The molecule has 2 aliphatic heterocycles. The zero-order valence-electron chi connectivity index (χ0n) is 21.0. The predicted octanol–water partition coefficient (Wildman–Crippen LogP) is 3.12. The van der Waals surface area contributed by atoms with Gasteiger partial charge in [-0.2, -0.15) is 13.2 Å². The maximum atomic E-state index is 12.0. The second-order valence-corrected chi connectivity index (χ2v) is 10.6. The number of halogens is 3. The molecule has 3 N–H and O–H groups in total. The minimum Gasteiger partial charge on any atom is -0.444 e. The van der Waals surface area contributed by atoms with E-state index in [2.05, 4.69) is 0 Å². The van der Waals surface area contributed by atoms with Crippen molar-refractivity contribution in [3.8, 4) is 0 Å². The zero-order chi connectivity index (χ0) is 26.3. The van der Waals surface area contributed by atoms with E-state index < -0.39 is 29.4 Å². The fourth-order valence-corrected chi connectivity index (χ4v) is 3.35. The van der Waals surface area contributed by atoms with Crippen molar-refractivity contribution in [1.29, 1.82) is 0 Å². The molecule has 0 aliphatic carbocycles. The number of hydrogen-bond acceptors (Lipinski definition) is 6. The fourth-order valence-electron chi connectivity index (χ4n) is 3.35. The third-order valence-electron chi connectivity index (χ3n) is 5.02. The van der Waals surface area contributed by atoms with Crippen LogP contribution in [0.3, 0.4) is 0 Å². The molecule has 0 aromatic carbocycles. The Bertz CT molecular complexity index is 704. The van der Waals surface area contributed by atoms with Gasteiger partial charge >= 0.3 is 24.3 Å². The second-order valence-electron chi connectivity index (χ2n) is 10.6. The highest BCUT2D eigenvalue weighted by Gasteiger charge is 2.39. The van der Waals surface area contributed by atoms with Gasteiger partial charge in [-0.1, -0.05) is 0 Å². The minimum atomic E-state index is -4.87. The van der Waals surface area contributed by atoms with Gasteiger partial charge in [0, 0.05) is 32.7 Å². The van der Waals surface area contributed by atoms with E-state index in [1.54, 1.807) is 25.7 Å². The summed E-state index contributed by atoms with van der Waals surface area (Å²) in [6.45, 7) is 13.6. The molecule has 3 amide bonds. The van der Waals surface area contributed by atoms with E-state index in [0.29, 0.717) is 25.4 Å². The van der Waals surface area contributed by atoms with Gasteiger partial charge in [0.2, 0.25) is 0 Å². The van der Waals surface area contributed by atoms with Gasteiger partial charge in [0.15, 0.2) is 0 Å². The Morgan fingerprint density at radius 2 is 1.26 bits per heavy atom. The molecule has 2 rings (SSSR count). The number of nitrogens with zero attached hydrogens (tertiary/aromatic N) is 2. The summed E-state index contributed by atoms with van der Waals surface area (Å²) >= 11 is 0. The first-order valence-corrected chi connectivity index (χ1v) is 11.4. The van der Waals surface area contributed by atoms with Crippen molar-refractivity contribution >= 4 is 18.1 Å². The number of carbonyl (C=O) groups excluding carboxylic acids is 3. The number of alkyl halides is 3. The predicted molar refractivity (Wildman–Crippen MR) is 120 cm³/mol. The SMILES string of the molecule is CC(C)(C)OC(=O)N1CCC(CN)C1.CC(C)(C)OC(=O)N1CCC(CNC(=O)C(F)(F)F)C1. The van der Waals surface area contributed by atoms with Gasteiger partial charge in [-0.15, -0.1) is 0 Å². The first kappa shape index (κ1) is 29.8. The topological polar surface area (TPSA) is 114 Å². The van der Waals surface area contributed by atoms with Crippen molar-refractivity contribution in [2.24, 2.45) is 17.6 Å². The van der Waals surface area contributed by atoms with Crippen molar-refractivity contribution in [1.82, 2.24) is 15.1 Å². The summed E-state index contributed by atoms with van der Waals surface area (Å²) in [5.41, 5.74) is 4.53. The van der Waals surface area contributed by atoms with Crippen LogP contribution in [0.15, 0.2) is 0 Å². The van der Waals surface area contributed by atoms with Gasteiger partial charge in [-0.25, -0.2) is 9.59 Å². The van der Waals surface area contributed by atoms with E-state index >= 15 is 0 Å². The van der Waals surface area contributed by atoms with Crippen LogP contribution in [0.1, 0.15) is 54.4 Å². The largest absolute Gasteiger partial charge is 0.471 e. The monoisotopic (exact) mass is 496 g/mol. The second kappa shape index (κ2) is 11.9. The molecule has 0 aromatic heterocycles. The Kier molecular flexibility index (Phi) is 10.5. The van der Waals surface area contributed by atoms with E-state index in [1.165, 1.54) is 4.90 Å². The van der Waals surface area contributed by atoms with Gasteiger partial charge in [0.1, 0.15) is 11.2 Å². The molecule has 2 unspecified atom stereocenters. The Morgan fingerprint density at radius 1 is 0.853 bits per heavy atom. The van der Waals surface area contributed by atoms with Crippen molar-refractivity contribution < 1.29 is 37.0 Å². The summed E-state index contributed by atoms with van der Waals surface area (Å²) < 4.78 is 46.5. The molecule has 0 bridgehead atoms. The van der Waals surface area contributed by atoms with Crippen LogP contribution >= 0.6 is 0 Å². The van der Waals surface area contributed by atoms with Crippen LogP contribution < -0.4 is 11.1 Å². The number of ether oxygens (including phenoxy) is 2. The molecular formula is C22H39F3N4O5. The molecule has 2 saturated heterocycles. The van der Waals surface area contributed by atoms with Crippen molar-refractivity contribution in [2.75, 3.05) is 39.3 Å². The Hall–Kier alpha value is -2.24. The van der Waals surface area contributed by atoms with Crippen molar-refractivity contribution in [3.63, 3.8) is 0 Å². The normalized spacial score (nSPS) is 21.0. The van der Waals surface area contributed by atoms with Gasteiger partial charge in [-0.3, -0.25) is 4.79 Å². The van der Waals surface area contributed by atoms with Gasteiger partial charge < -0.3 is 30.3 Å². The van der Waals surface area contributed by atoms with Gasteiger partial charge in [0.05, 0.1) is 0 Å². The molecule has 2 atom stereocenters. The first-order chi connectivity index (χ1) is 15.4. The summed E-state index contributed by atoms with van der Waals surface area (Å²) in [4.78, 5) is 37.2. The summed E-state index contributed by atoms with van der Waals surface area (Å²) in [7, 11) is 0. The van der Waals surface area contributed by atoms with Gasteiger partial charge in [-0.05, 0) is 72.8 Å². The van der Waals surface area contributed by atoms with Crippen LogP contribution in [-0.4, -0.2) is 84.5 Å². The lowest BCUT2D eigenvalue weighted by Crippen LogP contribution is -2.40. The van der Waals surface area contributed by atoms with Crippen LogP contribution in [0.25, 0.3) is 0 Å². The number of nitrogens with one attached hydrogen (secondary N) is 1. The van der Waals surface area contributed by atoms with Crippen LogP contribution in [0.4, 0.5) is 22.8 Å². The molecule has 9 nitrogen and oxygen atoms in total. The highest BCUT2D eigenvalue weighted by atomic mass is 19.4. The molecule has 0 aromatic rings. The summed E-state index contributed by atoms with van der Waals surface area (Å²) in [6.07, 6.45) is -4.04. The van der Waals surface area contributed by atoms with Crippen LogP contribution in [0.2, 0.25) is 0 Å². The molecule has 198 valence electrons. The molecule has 2 aliphatic rings. The molecular weight excluding hydrogens is 457 g/mol. The molecule has 34 heavy (non-hydrogen) atoms. The average molecular weight is 497 g/mol. The Labute approximate surface area is 199 Å². The number of carbonyl (C=O) groups is 3. The molecule has 0 radical (unpaired) electrons. The maximum Gasteiger partial charge on any atom is 0.471 e. The number of nitrogens with two attached hydrogens (primary N) is 1. The molecule has 0 saturated carbocycles. The van der Waals surface area contributed by atoms with Crippen LogP contribution in [0.5, 0.6) is 0 Å². The van der Waals surface area contributed by atoms with Crippen molar-refractivity contribution in [3.05, 3.63) is 0 Å². The molecule has 12 heteroatoms. The number of likely N-dealkylation sites (tertiary alicyclic amines) is 2. The smallest absolute Gasteiger partial charge is 0.444 e. The molecule has 2 heterocycles. The maximum absolute atomic E-state index is 12.0. The van der Waals surface area contributed by atoms with E-state index in [9.17, 15) is 27.6 Å². The molecule has 0 spiro atoms. The van der Waals surface area contributed by atoms with Crippen LogP contribution in [0, 0.1) is 11.8 Å². The average Bonchev–Trinajstić information content (AvgIpc) is 3.32. The van der Waals surface area contributed by atoms with Crippen LogP contribution in [-0.2, 0) is 14.3 Å². The minimum absolute atomic E-state index is 0.0996. The summed E-state index contributed by atoms with van der Waals surface area (Å²) in [6, 6.07) is 0. The first-order valence-electron chi connectivity index (χ1n) is 11.4. The summed E-state index contributed by atoms with van der Waals surface area (Å²) in [5, 5.41) is 1.83. The quantitative estimate of drug-likeness (QED) is 0.621.